The van der Waals surface area contributed by atoms with Crippen molar-refractivity contribution in [1.29, 1.82) is 0 Å². The van der Waals surface area contributed by atoms with Crippen LogP contribution < -0.4 is 0 Å². The van der Waals surface area contributed by atoms with Gasteiger partial charge in [-0.15, -0.1) is 0 Å². The lowest BCUT2D eigenvalue weighted by Gasteiger charge is -2.11. The standard InChI is InChI=1S/C7H16O2/c1-4-7(3)9-5-6(2)8/h6-8H,4-5H2,1-3H3/t6-,7-/m0/s1. The molecule has 0 saturated carbocycles. The van der Waals surface area contributed by atoms with Gasteiger partial charge in [0.15, 0.2) is 0 Å². The first-order chi connectivity index (χ1) is 4.16. The first-order valence-electron chi connectivity index (χ1n) is 3.46. The smallest absolute Gasteiger partial charge is 0.0745 e. The molecule has 2 atom stereocenters. The van der Waals surface area contributed by atoms with E-state index >= 15 is 0 Å². The molecule has 0 aromatic rings. The fraction of sp³-hybridized carbons (Fsp3) is 1.00. The van der Waals surface area contributed by atoms with Gasteiger partial charge in [-0.25, -0.2) is 0 Å². The zero-order valence-electron chi connectivity index (χ0n) is 6.42. The molecule has 0 amide bonds. The lowest BCUT2D eigenvalue weighted by Crippen LogP contribution is -2.16. The van der Waals surface area contributed by atoms with E-state index in [1.807, 2.05) is 6.92 Å². The van der Waals surface area contributed by atoms with Gasteiger partial charge in [0, 0.05) is 0 Å². The summed E-state index contributed by atoms with van der Waals surface area (Å²) in [4.78, 5) is 0. The lowest BCUT2D eigenvalue weighted by molar-refractivity contribution is 0.00420. The van der Waals surface area contributed by atoms with Crippen molar-refractivity contribution < 1.29 is 9.84 Å². The van der Waals surface area contributed by atoms with Crippen LogP contribution in [-0.2, 0) is 4.74 Å². The largest absolute Gasteiger partial charge is 0.391 e. The molecule has 0 bridgehead atoms. The minimum Gasteiger partial charge on any atom is -0.391 e. The Kier molecular flexibility index (Phi) is 4.72. The third kappa shape index (κ3) is 5.80. The Labute approximate surface area is 56.8 Å². The first kappa shape index (κ1) is 8.92. The van der Waals surface area contributed by atoms with E-state index in [0.717, 1.165) is 6.42 Å². The molecule has 0 aliphatic heterocycles. The molecule has 2 heteroatoms. The molecule has 2 nitrogen and oxygen atoms in total. The van der Waals surface area contributed by atoms with Gasteiger partial charge < -0.3 is 9.84 Å². The van der Waals surface area contributed by atoms with E-state index < -0.39 is 0 Å². The summed E-state index contributed by atoms with van der Waals surface area (Å²) in [7, 11) is 0. The molecule has 1 N–H and O–H groups in total. The van der Waals surface area contributed by atoms with Crippen LogP contribution in [0.1, 0.15) is 27.2 Å². The van der Waals surface area contributed by atoms with Crippen LogP contribution in [0.15, 0.2) is 0 Å². The lowest BCUT2D eigenvalue weighted by atomic mass is 10.3. The number of aliphatic hydroxyl groups is 1. The van der Waals surface area contributed by atoms with Gasteiger partial charge in [-0.3, -0.25) is 0 Å². The van der Waals surface area contributed by atoms with Gasteiger partial charge in [0.25, 0.3) is 0 Å². The second-order valence-corrected chi connectivity index (χ2v) is 2.40. The van der Waals surface area contributed by atoms with E-state index in [-0.39, 0.29) is 12.2 Å². The van der Waals surface area contributed by atoms with Crippen LogP contribution in [0.4, 0.5) is 0 Å². The molecule has 0 aromatic heterocycles. The topological polar surface area (TPSA) is 29.5 Å². The molecular weight excluding hydrogens is 116 g/mol. The van der Waals surface area contributed by atoms with E-state index in [9.17, 15) is 0 Å². The highest BCUT2D eigenvalue weighted by Crippen LogP contribution is 1.96. The Morgan fingerprint density at radius 1 is 1.44 bits per heavy atom. The Morgan fingerprint density at radius 3 is 2.33 bits per heavy atom. The van der Waals surface area contributed by atoms with Crippen molar-refractivity contribution >= 4 is 0 Å². The number of rotatable bonds is 4. The van der Waals surface area contributed by atoms with E-state index in [1.54, 1.807) is 6.92 Å². The molecule has 0 saturated heterocycles. The molecule has 9 heavy (non-hydrogen) atoms. The minimum atomic E-state index is -0.334. The van der Waals surface area contributed by atoms with Gasteiger partial charge in [-0.05, 0) is 20.3 Å². The van der Waals surface area contributed by atoms with Gasteiger partial charge in [0.2, 0.25) is 0 Å². The van der Waals surface area contributed by atoms with Crippen molar-refractivity contribution in [2.45, 2.75) is 39.4 Å². The summed E-state index contributed by atoms with van der Waals surface area (Å²) >= 11 is 0. The molecule has 0 unspecified atom stereocenters. The third-order valence-corrected chi connectivity index (χ3v) is 1.20. The van der Waals surface area contributed by atoms with Crippen molar-refractivity contribution in [3.05, 3.63) is 0 Å². The quantitative estimate of drug-likeness (QED) is 0.622. The fourth-order valence-corrected chi connectivity index (χ4v) is 0.421. The number of hydrogen-bond acceptors (Lipinski definition) is 2. The Bertz CT molecular complexity index is 61.9. The summed E-state index contributed by atoms with van der Waals surface area (Å²) in [5.41, 5.74) is 0. The summed E-state index contributed by atoms with van der Waals surface area (Å²) in [5, 5.41) is 8.77. The molecule has 0 spiro atoms. The average Bonchev–Trinajstić information content (AvgIpc) is 1.83. The molecular formula is C7H16O2. The van der Waals surface area contributed by atoms with Crippen LogP contribution in [-0.4, -0.2) is 23.9 Å². The molecule has 0 aliphatic carbocycles. The van der Waals surface area contributed by atoms with Crippen LogP contribution in [0.25, 0.3) is 0 Å². The summed E-state index contributed by atoms with van der Waals surface area (Å²) in [6.45, 7) is 6.24. The molecule has 56 valence electrons. The van der Waals surface area contributed by atoms with Gasteiger partial charge in [0.05, 0.1) is 18.8 Å². The van der Waals surface area contributed by atoms with Crippen LogP contribution in [0.3, 0.4) is 0 Å². The van der Waals surface area contributed by atoms with Crippen molar-refractivity contribution in [3.8, 4) is 0 Å². The number of ether oxygens (including phenoxy) is 1. The maximum Gasteiger partial charge on any atom is 0.0745 e. The van der Waals surface area contributed by atoms with E-state index in [4.69, 9.17) is 9.84 Å². The highest BCUT2D eigenvalue weighted by Gasteiger charge is 1.99. The molecule has 0 heterocycles. The SMILES string of the molecule is CC[C@H](C)OC[C@H](C)O. The van der Waals surface area contributed by atoms with Crippen molar-refractivity contribution in [1.82, 2.24) is 0 Å². The van der Waals surface area contributed by atoms with Crippen LogP contribution in [0, 0.1) is 0 Å². The van der Waals surface area contributed by atoms with Gasteiger partial charge in [0.1, 0.15) is 0 Å². The van der Waals surface area contributed by atoms with Gasteiger partial charge in [-0.1, -0.05) is 6.92 Å². The monoisotopic (exact) mass is 132 g/mol. The second kappa shape index (κ2) is 4.77. The zero-order chi connectivity index (χ0) is 7.28. The minimum absolute atomic E-state index is 0.277. The van der Waals surface area contributed by atoms with Gasteiger partial charge in [-0.2, -0.15) is 0 Å². The first-order valence-corrected chi connectivity index (χ1v) is 3.46. The van der Waals surface area contributed by atoms with E-state index in [1.165, 1.54) is 0 Å². The fourth-order valence-electron chi connectivity index (χ4n) is 0.421. The summed E-state index contributed by atoms with van der Waals surface area (Å²) in [5.74, 6) is 0. The van der Waals surface area contributed by atoms with Crippen LogP contribution >= 0.6 is 0 Å². The molecule has 0 aromatic carbocycles. The Morgan fingerprint density at radius 2 is 2.00 bits per heavy atom. The maximum atomic E-state index is 8.77. The normalized spacial score (nSPS) is 17.3. The van der Waals surface area contributed by atoms with Crippen molar-refractivity contribution in [2.24, 2.45) is 0 Å². The predicted molar refractivity (Wildman–Crippen MR) is 37.4 cm³/mol. The summed E-state index contributed by atoms with van der Waals surface area (Å²) < 4.78 is 5.20. The Hall–Kier alpha value is -0.0800. The van der Waals surface area contributed by atoms with E-state index in [0.29, 0.717) is 6.61 Å². The number of aliphatic hydroxyl groups excluding tert-OH is 1. The molecule has 0 rings (SSSR count). The number of hydrogen-bond donors (Lipinski definition) is 1. The van der Waals surface area contributed by atoms with Gasteiger partial charge >= 0.3 is 0 Å². The molecule has 0 aliphatic rings. The average molecular weight is 132 g/mol. The predicted octanol–water partition coefficient (Wildman–Crippen LogP) is 1.18. The Balaban J connectivity index is 3.06. The van der Waals surface area contributed by atoms with E-state index in [2.05, 4.69) is 6.92 Å². The zero-order valence-corrected chi connectivity index (χ0v) is 6.42. The van der Waals surface area contributed by atoms with Crippen LogP contribution in [0.2, 0.25) is 0 Å². The second-order valence-electron chi connectivity index (χ2n) is 2.40. The molecule has 0 fully saturated rings. The summed E-state index contributed by atoms with van der Waals surface area (Å²) in [6, 6.07) is 0. The highest BCUT2D eigenvalue weighted by atomic mass is 16.5. The molecule has 0 radical (unpaired) electrons. The van der Waals surface area contributed by atoms with Crippen molar-refractivity contribution in [3.63, 3.8) is 0 Å². The highest BCUT2D eigenvalue weighted by molar-refractivity contribution is 4.47. The maximum absolute atomic E-state index is 8.77. The summed E-state index contributed by atoms with van der Waals surface area (Å²) in [6.07, 6.45) is 0.950. The third-order valence-electron chi connectivity index (χ3n) is 1.20. The van der Waals surface area contributed by atoms with Crippen LogP contribution in [0.5, 0.6) is 0 Å². The van der Waals surface area contributed by atoms with Crippen molar-refractivity contribution in [2.75, 3.05) is 6.61 Å².